The lowest BCUT2D eigenvalue weighted by atomic mass is 10.1. The van der Waals surface area contributed by atoms with E-state index in [2.05, 4.69) is 15.7 Å². The van der Waals surface area contributed by atoms with Crippen molar-refractivity contribution in [3.05, 3.63) is 18.0 Å². The highest BCUT2D eigenvalue weighted by Gasteiger charge is 2.16. The van der Waals surface area contributed by atoms with E-state index >= 15 is 0 Å². The van der Waals surface area contributed by atoms with Crippen LogP contribution in [0.3, 0.4) is 0 Å². The summed E-state index contributed by atoms with van der Waals surface area (Å²) >= 11 is 0. The van der Waals surface area contributed by atoms with Crippen LogP contribution in [-0.4, -0.2) is 28.3 Å². The molecule has 0 aliphatic rings. The van der Waals surface area contributed by atoms with E-state index in [0.29, 0.717) is 6.54 Å². The molecular weight excluding hydrogens is 216 g/mol. The van der Waals surface area contributed by atoms with Crippen LogP contribution in [0.15, 0.2) is 12.4 Å². The SMILES string of the molecule is CCNC(=O)C(C)NC(C)c1cnn(CC)c1. The molecule has 1 amide bonds. The zero-order chi connectivity index (χ0) is 12.8. The molecule has 2 unspecified atom stereocenters. The number of amides is 1. The molecule has 2 N–H and O–H groups in total. The molecule has 0 aliphatic heterocycles. The molecule has 0 spiro atoms. The maximum Gasteiger partial charge on any atom is 0.236 e. The van der Waals surface area contributed by atoms with Crippen molar-refractivity contribution in [2.75, 3.05) is 6.54 Å². The van der Waals surface area contributed by atoms with E-state index in [-0.39, 0.29) is 18.0 Å². The van der Waals surface area contributed by atoms with Crippen LogP contribution < -0.4 is 10.6 Å². The van der Waals surface area contributed by atoms with Gasteiger partial charge in [-0.3, -0.25) is 14.8 Å². The lowest BCUT2D eigenvalue weighted by Crippen LogP contribution is -2.42. The molecule has 0 fully saturated rings. The Balaban J connectivity index is 2.53. The third-order valence-electron chi connectivity index (χ3n) is 2.72. The number of hydrogen-bond donors (Lipinski definition) is 2. The first kappa shape index (κ1) is 13.7. The molecular formula is C12H22N4O. The monoisotopic (exact) mass is 238 g/mol. The number of hydrogen-bond acceptors (Lipinski definition) is 3. The van der Waals surface area contributed by atoms with Gasteiger partial charge in [-0.2, -0.15) is 5.10 Å². The van der Waals surface area contributed by atoms with Crippen molar-refractivity contribution in [1.29, 1.82) is 0 Å². The van der Waals surface area contributed by atoms with Crippen LogP contribution in [0.1, 0.15) is 39.3 Å². The minimum absolute atomic E-state index is 0.0298. The van der Waals surface area contributed by atoms with Gasteiger partial charge in [0.1, 0.15) is 0 Å². The number of nitrogens with zero attached hydrogens (tertiary/aromatic N) is 2. The van der Waals surface area contributed by atoms with Gasteiger partial charge in [0.2, 0.25) is 5.91 Å². The van der Waals surface area contributed by atoms with Gasteiger partial charge in [-0.05, 0) is 27.7 Å². The van der Waals surface area contributed by atoms with Gasteiger partial charge >= 0.3 is 0 Å². The van der Waals surface area contributed by atoms with Crippen molar-refractivity contribution in [1.82, 2.24) is 20.4 Å². The standard InChI is InChI=1S/C12H22N4O/c1-5-13-12(17)10(4)15-9(3)11-7-14-16(6-2)8-11/h7-10,15H,5-6H2,1-4H3,(H,13,17). The van der Waals surface area contributed by atoms with Crippen molar-refractivity contribution in [2.24, 2.45) is 0 Å². The average Bonchev–Trinajstić information content (AvgIpc) is 2.77. The van der Waals surface area contributed by atoms with Crippen LogP contribution in [0.25, 0.3) is 0 Å². The minimum Gasteiger partial charge on any atom is -0.355 e. The lowest BCUT2D eigenvalue weighted by molar-refractivity contribution is -0.122. The quantitative estimate of drug-likeness (QED) is 0.779. The summed E-state index contributed by atoms with van der Waals surface area (Å²) in [7, 11) is 0. The number of carbonyl (C=O) groups excluding carboxylic acids is 1. The summed E-state index contributed by atoms with van der Waals surface area (Å²) < 4.78 is 1.88. The van der Waals surface area contributed by atoms with Crippen molar-refractivity contribution in [2.45, 2.75) is 46.3 Å². The predicted molar refractivity (Wildman–Crippen MR) is 67.6 cm³/mol. The highest BCUT2D eigenvalue weighted by molar-refractivity contribution is 5.81. The molecule has 2 atom stereocenters. The van der Waals surface area contributed by atoms with Crippen molar-refractivity contribution < 1.29 is 4.79 Å². The summed E-state index contributed by atoms with van der Waals surface area (Å²) in [5.74, 6) is 0.0298. The highest BCUT2D eigenvalue weighted by Crippen LogP contribution is 2.11. The molecule has 1 aromatic rings. The summed E-state index contributed by atoms with van der Waals surface area (Å²) in [6.07, 6.45) is 3.84. The Kier molecular flexibility index (Phi) is 5.15. The van der Waals surface area contributed by atoms with E-state index in [1.54, 1.807) is 0 Å². The van der Waals surface area contributed by atoms with Crippen LogP contribution in [0.5, 0.6) is 0 Å². The first-order valence-electron chi connectivity index (χ1n) is 6.14. The van der Waals surface area contributed by atoms with E-state index in [4.69, 9.17) is 0 Å². The van der Waals surface area contributed by atoms with Crippen molar-refractivity contribution >= 4 is 5.91 Å². The predicted octanol–water partition coefficient (Wildman–Crippen LogP) is 1.08. The summed E-state index contributed by atoms with van der Waals surface area (Å²) in [6, 6.07) is -0.0807. The summed E-state index contributed by atoms with van der Waals surface area (Å²) in [5.41, 5.74) is 1.10. The van der Waals surface area contributed by atoms with E-state index in [0.717, 1.165) is 12.1 Å². The number of aryl methyl sites for hydroxylation is 1. The second-order valence-electron chi connectivity index (χ2n) is 4.13. The number of rotatable bonds is 6. The molecule has 96 valence electrons. The highest BCUT2D eigenvalue weighted by atomic mass is 16.2. The van der Waals surface area contributed by atoms with E-state index in [1.165, 1.54) is 0 Å². The van der Waals surface area contributed by atoms with E-state index in [1.807, 2.05) is 44.8 Å². The summed E-state index contributed by atoms with van der Waals surface area (Å²) in [5, 5.41) is 10.3. The first-order valence-corrected chi connectivity index (χ1v) is 6.14. The fourth-order valence-electron chi connectivity index (χ4n) is 1.65. The largest absolute Gasteiger partial charge is 0.355 e. The van der Waals surface area contributed by atoms with E-state index < -0.39 is 0 Å². The van der Waals surface area contributed by atoms with Crippen LogP contribution in [0, 0.1) is 0 Å². The second-order valence-corrected chi connectivity index (χ2v) is 4.13. The summed E-state index contributed by atoms with van der Waals surface area (Å²) in [6.45, 7) is 9.38. The Hall–Kier alpha value is -1.36. The minimum atomic E-state index is -0.199. The van der Waals surface area contributed by atoms with Gasteiger partial charge in [-0.25, -0.2) is 0 Å². The van der Waals surface area contributed by atoms with Crippen LogP contribution in [0.4, 0.5) is 0 Å². The topological polar surface area (TPSA) is 59.0 Å². The Morgan fingerprint density at radius 2 is 2.18 bits per heavy atom. The average molecular weight is 238 g/mol. The van der Waals surface area contributed by atoms with Crippen LogP contribution in [0.2, 0.25) is 0 Å². The Morgan fingerprint density at radius 3 is 2.71 bits per heavy atom. The maximum absolute atomic E-state index is 11.6. The Bertz CT molecular complexity index is 361. The van der Waals surface area contributed by atoms with Crippen LogP contribution in [-0.2, 0) is 11.3 Å². The van der Waals surface area contributed by atoms with Gasteiger partial charge in [0.25, 0.3) is 0 Å². The third kappa shape index (κ3) is 3.85. The molecule has 5 heteroatoms. The molecule has 1 rings (SSSR count). The van der Waals surface area contributed by atoms with E-state index in [9.17, 15) is 4.79 Å². The van der Waals surface area contributed by atoms with Gasteiger partial charge in [-0.1, -0.05) is 0 Å². The molecule has 0 aromatic carbocycles. The Morgan fingerprint density at radius 1 is 1.47 bits per heavy atom. The Labute approximate surface area is 103 Å². The molecule has 17 heavy (non-hydrogen) atoms. The zero-order valence-corrected chi connectivity index (χ0v) is 11.0. The normalized spacial score (nSPS) is 14.4. The summed E-state index contributed by atoms with van der Waals surface area (Å²) in [4.78, 5) is 11.6. The molecule has 1 aromatic heterocycles. The maximum atomic E-state index is 11.6. The number of nitrogens with one attached hydrogen (secondary N) is 2. The molecule has 0 radical (unpaired) electrons. The number of likely N-dealkylation sites (N-methyl/N-ethyl adjacent to an activating group) is 1. The fourth-order valence-corrected chi connectivity index (χ4v) is 1.65. The number of aromatic nitrogens is 2. The molecule has 1 heterocycles. The molecule has 0 saturated heterocycles. The zero-order valence-electron chi connectivity index (χ0n) is 11.0. The molecule has 0 aliphatic carbocycles. The van der Waals surface area contributed by atoms with Gasteiger partial charge in [0.05, 0.1) is 12.2 Å². The van der Waals surface area contributed by atoms with Gasteiger partial charge in [0, 0.05) is 30.9 Å². The fraction of sp³-hybridized carbons (Fsp3) is 0.667. The van der Waals surface area contributed by atoms with Gasteiger partial charge in [0.15, 0.2) is 0 Å². The molecule has 0 saturated carbocycles. The van der Waals surface area contributed by atoms with Crippen LogP contribution >= 0.6 is 0 Å². The third-order valence-corrected chi connectivity index (χ3v) is 2.72. The van der Waals surface area contributed by atoms with Gasteiger partial charge < -0.3 is 5.32 Å². The second kappa shape index (κ2) is 6.39. The van der Waals surface area contributed by atoms with Gasteiger partial charge in [-0.15, -0.1) is 0 Å². The first-order chi connectivity index (χ1) is 8.08. The van der Waals surface area contributed by atoms with Crippen molar-refractivity contribution in [3.63, 3.8) is 0 Å². The number of carbonyl (C=O) groups is 1. The van der Waals surface area contributed by atoms with Crippen molar-refractivity contribution in [3.8, 4) is 0 Å². The lowest BCUT2D eigenvalue weighted by Gasteiger charge is -2.18. The molecule has 5 nitrogen and oxygen atoms in total. The molecule has 0 bridgehead atoms. The smallest absolute Gasteiger partial charge is 0.236 e.